The molecule has 0 aliphatic carbocycles. The van der Waals surface area contributed by atoms with Gasteiger partial charge in [-0.15, -0.1) is 0 Å². The van der Waals surface area contributed by atoms with E-state index < -0.39 is 6.10 Å². The van der Waals surface area contributed by atoms with E-state index in [4.69, 9.17) is 9.47 Å². The van der Waals surface area contributed by atoms with Crippen molar-refractivity contribution in [3.63, 3.8) is 0 Å². The van der Waals surface area contributed by atoms with Crippen molar-refractivity contribution >= 4 is 5.96 Å². The minimum atomic E-state index is -0.421. The second kappa shape index (κ2) is 14.2. The van der Waals surface area contributed by atoms with Crippen molar-refractivity contribution in [2.45, 2.75) is 45.8 Å². The van der Waals surface area contributed by atoms with Gasteiger partial charge in [-0.2, -0.15) is 0 Å². The molecule has 1 saturated heterocycles. The van der Waals surface area contributed by atoms with Crippen molar-refractivity contribution in [3.05, 3.63) is 29.8 Å². The number of piperidine rings is 1. The summed E-state index contributed by atoms with van der Waals surface area (Å²) in [6.07, 6.45) is 2.92. The average Bonchev–Trinajstić information content (AvgIpc) is 2.77. The maximum atomic E-state index is 10.5. The number of β-amino-alcohol motifs (C(OH)–C–C–N with tert-alkyl or cyclic N) is 1. The number of rotatable bonds is 12. The summed E-state index contributed by atoms with van der Waals surface area (Å²) in [4.78, 5) is 7.04. The third-order valence-electron chi connectivity index (χ3n) is 5.39. The zero-order chi connectivity index (χ0) is 21.6. The number of hydrogen-bond donors (Lipinski definition) is 3. The lowest BCUT2D eigenvalue weighted by Gasteiger charge is -2.31. The van der Waals surface area contributed by atoms with Crippen molar-refractivity contribution in [1.82, 2.24) is 15.5 Å². The molecule has 1 unspecified atom stereocenters. The summed E-state index contributed by atoms with van der Waals surface area (Å²) in [6.45, 7) is 10.4. The molecule has 0 spiro atoms. The molecule has 0 bridgehead atoms. The van der Waals surface area contributed by atoms with E-state index >= 15 is 0 Å². The molecule has 1 fully saturated rings. The molecule has 0 aromatic heterocycles. The van der Waals surface area contributed by atoms with Crippen LogP contribution < -0.4 is 15.4 Å². The van der Waals surface area contributed by atoms with E-state index in [-0.39, 0.29) is 0 Å². The number of hydrogen-bond acceptors (Lipinski definition) is 5. The molecule has 7 heteroatoms. The van der Waals surface area contributed by atoms with E-state index in [1.807, 2.05) is 31.2 Å². The smallest absolute Gasteiger partial charge is 0.191 e. The monoisotopic (exact) mass is 420 g/mol. The van der Waals surface area contributed by atoms with Crippen LogP contribution in [0.25, 0.3) is 0 Å². The van der Waals surface area contributed by atoms with Gasteiger partial charge in [0, 0.05) is 32.8 Å². The van der Waals surface area contributed by atoms with Crippen molar-refractivity contribution < 1.29 is 14.6 Å². The molecule has 170 valence electrons. The Bertz CT molecular complexity index is 601. The lowest BCUT2D eigenvalue weighted by Crippen LogP contribution is -2.46. The van der Waals surface area contributed by atoms with Crippen LogP contribution in [0, 0.1) is 5.92 Å². The number of benzene rings is 1. The van der Waals surface area contributed by atoms with Gasteiger partial charge in [0.05, 0.1) is 19.8 Å². The zero-order valence-corrected chi connectivity index (χ0v) is 18.9. The van der Waals surface area contributed by atoms with Crippen LogP contribution in [0.4, 0.5) is 0 Å². The lowest BCUT2D eigenvalue weighted by molar-refractivity contribution is 0.0936. The number of methoxy groups -OCH3 is 1. The summed E-state index contributed by atoms with van der Waals surface area (Å²) < 4.78 is 10.6. The summed E-state index contributed by atoms with van der Waals surface area (Å²) in [7, 11) is 1.66. The SMILES string of the molecule is CCOCCCNC(=NCc1ccc(OC)cc1)NCC(O)CN1CCC(C)CC1. The number of aliphatic hydroxyl groups is 1. The van der Waals surface area contributed by atoms with Crippen LogP contribution in [0.5, 0.6) is 5.75 Å². The van der Waals surface area contributed by atoms with Gasteiger partial charge in [-0.3, -0.25) is 0 Å². The van der Waals surface area contributed by atoms with Crippen molar-refractivity contribution in [1.29, 1.82) is 0 Å². The first-order chi connectivity index (χ1) is 14.6. The number of aliphatic hydroxyl groups excluding tert-OH is 1. The zero-order valence-electron chi connectivity index (χ0n) is 18.9. The predicted octanol–water partition coefficient (Wildman–Crippen LogP) is 2.25. The van der Waals surface area contributed by atoms with Gasteiger partial charge < -0.3 is 30.1 Å². The van der Waals surface area contributed by atoms with Gasteiger partial charge in [0.2, 0.25) is 0 Å². The van der Waals surface area contributed by atoms with Crippen LogP contribution in [0.2, 0.25) is 0 Å². The summed E-state index contributed by atoms with van der Waals surface area (Å²) in [5.41, 5.74) is 1.11. The minimum Gasteiger partial charge on any atom is -0.497 e. The number of nitrogens with one attached hydrogen (secondary N) is 2. The second-order valence-electron chi connectivity index (χ2n) is 8.01. The number of nitrogens with zero attached hydrogens (tertiary/aromatic N) is 2. The molecule has 0 saturated carbocycles. The van der Waals surface area contributed by atoms with Gasteiger partial charge in [-0.1, -0.05) is 19.1 Å². The Morgan fingerprint density at radius 1 is 1.23 bits per heavy atom. The highest BCUT2D eigenvalue weighted by atomic mass is 16.5. The van der Waals surface area contributed by atoms with Crippen LogP contribution in [-0.4, -0.2) is 75.1 Å². The Balaban J connectivity index is 1.82. The van der Waals surface area contributed by atoms with Crippen LogP contribution >= 0.6 is 0 Å². The van der Waals surface area contributed by atoms with E-state index in [0.717, 1.165) is 56.5 Å². The molecular weight excluding hydrogens is 380 g/mol. The summed E-state index contributed by atoms with van der Waals surface area (Å²) >= 11 is 0. The minimum absolute atomic E-state index is 0.421. The Morgan fingerprint density at radius 2 is 1.97 bits per heavy atom. The normalized spacial score (nSPS) is 17.0. The molecule has 1 aliphatic rings. The Hall–Kier alpha value is -1.83. The number of aliphatic imine (C=N–C) groups is 1. The number of ether oxygens (including phenoxy) is 2. The Morgan fingerprint density at radius 3 is 2.63 bits per heavy atom. The fourth-order valence-corrected chi connectivity index (χ4v) is 3.42. The Labute approximate surface area is 181 Å². The van der Waals surface area contributed by atoms with Crippen LogP contribution in [0.15, 0.2) is 29.3 Å². The topological polar surface area (TPSA) is 78.3 Å². The third-order valence-corrected chi connectivity index (χ3v) is 5.39. The van der Waals surface area contributed by atoms with Gasteiger partial charge in [0.15, 0.2) is 5.96 Å². The molecule has 1 aliphatic heterocycles. The Kier molecular flexibility index (Phi) is 11.6. The fraction of sp³-hybridized carbons (Fsp3) is 0.696. The van der Waals surface area contributed by atoms with Crippen LogP contribution in [0.1, 0.15) is 38.7 Å². The first kappa shape index (κ1) is 24.4. The van der Waals surface area contributed by atoms with E-state index in [1.165, 1.54) is 12.8 Å². The highest BCUT2D eigenvalue weighted by Crippen LogP contribution is 2.16. The molecule has 0 radical (unpaired) electrons. The first-order valence-electron chi connectivity index (χ1n) is 11.2. The average molecular weight is 421 g/mol. The summed E-state index contributed by atoms with van der Waals surface area (Å²) in [5.74, 6) is 2.35. The predicted molar refractivity (Wildman–Crippen MR) is 122 cm³/mol. The van der Waals surface area contributed by atoms with Crippen LogP contribution in [-0.2, 0) is 11.3 Å². The summed E-state index contributed by atoms with van der Waals surface area (Å²) in [6, 6.07) is 7.91. The number of guanidine groups is 1. The molecule has 2 rings (SSSR count). The quantitative estimate of drug-likeness (QED) is 0.273. The van der Waals surface area contributed by atoms with Crippen molar-refractivity contribution in [2.24, 2.45) is 10.9 Å². The number of likely N-dealkylation sites (tertiary alicyclic amines) is 1. The molecule has 1 aromatic carbocycles. The van der Waals surface area contributed by atoms with Gasteiger partial charge in [-0.05, 0) is 62.9 Å². The highest BCUT2D eigenvalue weighted by Gasteiger charge is 2.18. The van der Waals surface area contributed by atoms with E-state index in [1.54, 1.807) is 7.11 Å². The largest absolute Gasteiger partial charge is 0.497 e. The van der Waals surface area contributed by atoms with Gasteiger partial charge in [0.25, 0.3) is 0 Å². The molecule has 30 heavy (non-hydrogen) atoms. The summed E-state index contributed by atoms with van der Waals surface area (Å²) in [5, 5.41) is 17.1. The molecule has 7 nitrogen and oxygen atoms in total. The van der Waals surface area contributed by atoms with E-state index in [0.29, 0.717) is 25.6 Å². The standard InChI is InChI=1S/C23H40N4O3/c1-4-30-15-5-12-24-23(25-16-20-6-8-22(29-3)9-7-20)26-17-21(28)18-27-13-10-19(2)11-14-27/h6-9,19,21,28H,4-5,10-18H2,1-3H3,(H2,24,25,26). The van der Waals surface area contributed by atoms with Gasteiger partial charge >= 0.3 is 0 Å². The lowest BCUT2D eigenvalue weighted by atomic mass is 9.99. The second-order valence-corrected chi connectivity index (χ2v) is 8.01. The molecule has 1 aromatic rings. The molecule has 1 heterocycles. The maximum absolute atomic E-state index is 10.5. The van der Waals surface area contributed by atoms with Crippen LogP contribution in [0.3, 0.4) is 0 Å². The first-order valence-corrected chi connectivity index (χ1v) is 11.2. The van der Waals surface area contributed by atoms with Crippen molar-refractivity contribution in [3.8, 4) is 5.75 Å². The molecular formula is C23H40N4O3. The van der Waals surface area contributed by atoms with Gasteiger partial charge in [-0.25, -0.2) is 4.99 Å². The fourth-order valence-electron chi connectivity index (χ4n) is 3.42. The molecule has 0 amide bonds. The molecule has 1 atom stereocenters. The molecule has 3 N–H and O–H groups in total. The van der Waals surface area contributed by atoms with Crippen molar-refractivity contribution in [2.75, 3.05) is 53.0 Å². The van der Waals surface area contributed by atoms with Gasteiger partial charge in [0.1, 0.15) is 5.75 Å². The van der Waals surface area contributed by atoms with E-state index in [2.05, 4.69) is 27.4 Å². The maximum Gasteiger partial charge on any atom is 0.191 e. The highest BCUT2D eigenvalue weighted by molar-refractivity contribution is 5.79. The third kappa shape index (κ3) is 9.78. The van der Waals surface area contributed by atoms with E-state index in [9.17, 15) is 5.11 Å².